The largest absolute Gasteiger partial charge is 0.347 e. The minimum absolute atomic E-state index is 0.00247. The van der Waals surface area contributed by atoms with Crippen molar-refractivity contribution in [3.63, 3.8) is 0 Å². The molecule has 5 heteroatoms. The van der Waals surface area contributed by atoms with Gasteiger partial charge in [0.2, 0.25) is 11.8 Å². The number of carbonyl (C=O) groups is 2. The number of nitrogens with one attached hydrogen (secondary N) is 2. The van der Waals surface area contributed by atoms with Crippen molar-refractivity contribution in [3.05, 3.63) is 28.8 Å². The molecule has 22 heavy (non-hydrogen) atoms. The highest BCUT2D eigenvalue weighted by Crippen LogP contribution is 2.26. The van der Waals surface area contributed by atoms with Crippen LogP contribution < -0.4 is 10.6 Å². The predicted octanol–water partition coefficient (Wildman–Crippen LogP) is 3.67. The topological polar surface area (TPSA) is 58.2 Å². The van der Waals surface area contributed by atoms with Crippen LogP contribution in [0.2, 0.25) is 5.02 Å². The number of carbonyl (C=O) groups excluding carboxylic acids is 2. The van der Waals surface area contributed by atoms with Gasteiger partial charge in [-0.3, -0.25) is 9.59 Å². The fourth-order valence-electron chi connectivity index (χ4n) is 2.84. The SMILES string of the molecule is Cc1c(Cl)cccc1NC(=O)CNC(=O)CC1CCCCC1. The van der Waals surface area contributed by atoms with E-state index in [1.807, 2.05) is 6.92 Å². The molecule has 1 aliphatic rings. The minimum Gasteiger partial charge on any atom is -0.347 e. The summed E-state index contributed by atoms with van der Waals surface area (Å²) in [6, 6.07) is 5.36. The van der Waals surface area contributed by atoms with E-state index in [9.17, 15) is 9.59 Å². The lowest BCUT2D eigenvalue weighted by molar-refractivity contribution is -0.125. The zero-order valence-corrected chi connectivity index (χ0v) is 13.7. The first kappa shape index (κ1) is 16.8. The van der Waals surface area contributed by atoms with E-state index in [0.717, 1.165) is 18.4 Å². The highest BCUT2D eigenvalue weighted by Gasteiger charge is 2.17. The maximum atomic E-state index is 11.9. The van der Waals surface area contributed by atoms with Crippen molar-refractivity contribution in [1.82, 2.24) is 5.32 Å². The number of amides is 2. The molecule has 0 bridgehead atoms. The molecule has 0 atom stereocenters. The summed E-state index contributed by atoms with van der Waals surface area (Å²) >= 11 is 6.01. The third-order valence-electron chi connectivity index (χ3n) is 4.19. The van der Waals surface area contributed by atoms with Gasteiger partial charge in [0.25, 0.3) is 0 Å². The van der Waals surface area contributed by atoms with E-state index in [1.165, 1.54) is 19.3 Å². The lowest BCUT2D eigenvalue weighted by Gasteiger charge is -2.20. The summed E-state index contributed by atoms with van der Waals surface area (Å²) in [7, 11) is 0. The van der Waals surface area contributed by atoms with Gasteiger partial charge in [0, 0.05) is 17.1 Å². The van der Waals surface area contributed by atoms with E-state index in [1.54, 1.807) is 18.2 Å². The molecule has 120 valence electrons. The summed E-state index contributed by atoms with van der Waals surface area (Å²) in [5.74, 6) is 0.208. The van der Waals surface area contributed by atoms with Crippen molar-refractivity contribution in [2.45, 2.75) is 45.4 Å². The Balaban J connectivity index is 1.75. The number of benzene rings is 1. The van der Waals surface area contributed by atoms with Crippen LogP contribution >= 0.6 is 11.6 Å². The molecule has 0 saturated heterocycles. The molecule has 2 amide bonds. The first-order chi connectivity index (χ1) is 10.6. The highest BCUT2D eigenvalue weighted by atomic mass is 35.5. The van der Waals surface area contributed by atoms with E-state index < -0.39 is 0 Å². The molecule has 0 heterocycles. The van der Waals surface area contributed by atoms with Crippen LogP contribution in [0.15, 0.2) is 18.2 Å². The second-order valence-corrected chi connectivity index (χ2v) is 6.35. The van der Waals surface area contributed by atoms with Crippen molar-refractivity contribution in [3.8, 4) is 0 Å². The summed E-state index contributed by atoms with van der Waals surface area (Å²) in [5, 5.41) is 6.08. The van der Waals surface area contributed by atoms with Gasteiger partial charge in [0.15, 0.2) is 0 Å². The summed E-state index contributed by atoms with van der Waals surface area (Å²) in [4.78, 5) is 23.8. The fourth-order valence-corrected chi connectivity index (χ4v) is 3.02. The Morgan fingerprint density at radius 3 is 2.64 bits per heavy atom. The van der Waals surface area contributed by atoms with Gasteiger partial charge < -0.3 is 10.6 Å². The zero-order valence-electron chi connectivity index (χ0n) is 13.0. The highest BCUT2D eigenvalue weighted by molar-refractivity contribution is 6.31. The van der Waals surface area contributed by atoms with Gasteiger partial charge >= 0.3 is 0 Å². The number of hydrogen-bond donors (Lipinski definition) is 2. The van der Waals surface area contributed by atoms with Gasteiger partial charge in [-0.05, 0) is 43.4 Å². The zero-order chi connectivity index (χ0) is 15.9. The van der Waals surface area contributed by atoms with Crippen LogP contribution in [0.3, 0.4) is 0 Å². The van der Waals surface area contributed by atoms with Gasteiger partial charge in [-0.15, -0.1) is 0 Å². The van der Waals surface area contributed by atoms with Gasteiger partial charge in [0.1, 0.15) is 0 Å². The van der Waals surface area contributed by atoms with Crippen LogP contribution in [0, 0.1) is 12.8 Å². The molecule has 0 aromatic heterocycles. The third-order valence-corrected chi connectivity index (χ3v) is 4.60. The van der Waals surface area contributed by atoms with Crippen molar-refractivity contribution in [2.24, 2.45) is 5.92 Å². The van der Waals surface area contributed by atoms with Crippen LogP contribution in [0.4, 0.5) is 5.69 Å². The molecule has 1 saturated carbocycles. The Labute approximate surface area is 136 Å². The van der Waals surface area contributed by atoms with Crippen molar-refractivity contribution < 1.29 is 9.59 Å². The van der Waals surface area contributed by atoms with E-state index in [2.05, 4.69) is 10.6 Å². The number of hydrogen-bond acceptors (Lipinski definition) is 2. The minimum atomic E-state index is -0.234. The Bertz CT molecular complexity index is 539. The average Bonchev–Trinajstić information content (AvgIpc) is 2.51. The van der Waals surface area contributed by atoms with Gasteiger partial charge in [-0.1, -0.05) is 36.9 Å². The lowest BCUT2D eigenvalue weighted by Crippen LogP contribution is -2.34. The maximum Gasteiger partial charge on any atom is 0.243 e. The smallest absolute Gasteiger partial charge is 0.243 e. The molecule has 2 rings (SSSR count). The Hall–Kier alpha value is -1.55. The summed E-state index contributed by atoms with van der Waals surface area (Å²) < 4.78 is 0. The van der Waals surface area contributed by atoms with E-state index >= 15 is 0 Å². The molecule has 0 spiro atoms. The van der Waals surface area contributed by atoms with Crippen molar-refractivity contribution in [2.75, 3.05) is 11.9 Å². The normalized spacial score (nSPS) is 15.4. The van der Waals surface area contributed by atoms with Gasteiger partial charge in [-0.2, -0.15) is 0 Å². The van der Waals surface area contributed by atoms with Crippen LogP contribution in [0.25, 0.3) is 0 Å². The molecule has 4 nitrogen and oxygen atoms in total. The number of rotatable bonds is 5. The quantitative estimate of drug-likeness (QED) is 0.869. The average molecular weight is 323 g/mol. The monoisotopic (exact) mass is 322 g/mol. The molecular weight excluding hydrogens is 300 g/mol. The molecular formula is C17H23ClN2O2. The van der Waals surface area contributed by atoms with Gasteiger partial charge in [0.05, 0.1) is 6.54 Å². The van der Waals surface area contributed by atoms with Crippen LogP contribution in [-0.4, -0.2) is 18.4 Å². The Morgan fingerprint density at radius 1 is 1.18 bits per heavy atom. The second kappa shape index (κ2) is 8.18. The molecule has 0 unspecified atom stereocenters. The van der Waals surface area contributed by atoms with Crippen LogP contribution in [0.1, 0.15) is 44.1 Å². The first-order valence-corrected chi connectivity index (χ1v) is 8.25. The molecule has 1 fully saturated rings. The molecule has 0 aliphatic heterocycles. The number of anilines is 1. The van der Waals surface area contributed by atoms with Crippen molar-refractivity contribution >= 4 is 29.1 Å². The van der Waals surface area contributed by atoms with E-state index in [0.29, 0.717) is 23.0 Å². The summed E-state index contributed by atoms with van der Waals surface area (Å²) in [5.41, 5.74) is 1.50. The fraction of sp³-hybridized carbons (Fsp3) is 0.529. The first-order valence-electron chi connectivity index (χ1n) is 7.88. The van der Waals surface area contributed by atoms with Crippen molar-refractivity contribution in [1.29, 1.82) is 0 Å². The molecule has 1 aromatic carbocycles. The Kier molecular flexibility index (Phi) is 6.25. The maximum absolute atomic E-state index is 11.9. The molecule has 0 radical (unpaired) electrons. The summed E-state index contributed by atoms with van der Waals surface area (Å²) in [6.07, 6.45) is 6.49. The van der Waals surface area contributed by atoms with E-state index in [-0.39, 0.29) is 18.4 Å². The lowest BCUT2D eigenvalue weighted by atomic mass is 9.87. The Morgan fingerprint density at radius 2 is 1.91 bits per heavy atom. The van der Waals surface area contributed by atoms with E-state index in [4.69, 9.17) is 11.6 Å². The van der Waals surface area contributed by atoms with Crippen LogP contribution in [-0.2, 0) is 9.59 Å². The number of halogens is 1. The second-order valence-electron chi connectivity index (χ2n) is 5.95. The molecule has 1 aromatic rings. The molecule has 2 N–H and O–H groups in total. The predicted molar refractivity (Wildman–Crippen MR) is 89.0 cm³/mol. The van der Waals surface area contributed by atoms with Gasteiger partial charge in [-0.25, -0.2) is 0 Å². The standard InChI is InChI=1S/C17H23ClN2O2/c1-12-14(18)8-5-9-15(12)20-17(22)11-19-16(21)10-13-6-3-2-4-7-13/h5,8-9,13H,2-4,6-7,10-11H2,1H3,(H,19,21)(H,20,22). The molecule has 1 aliphatic carbocycles. The third kappa shape index (κ3) is 5.02. The summed E-state index contributed by atoms with van der Waals surface area (Å²) in [6.45, 7) is 1.84. The van der Waals surface area contributed by atoms with Crippen LogP contribution in [0.5, 0.6) is 0 Å².